The largest absolute Gasteiger partial charge is 0.315 e. The van der Waals surface area contributed by atoms with Gasteiger partial charge in [0.2, 0.25) is 0 Å². The van der Waals surface area contributed by atoms with Crippen LogP contribution in [-0.4, -0.2) is 6.17 Å². The average Bonchev–Trinajstić information content (AvgIpc) is 2.53. The van der Waals surface area contributed by atoms with Crippen LogP contribution in [-0.2, 0) is 0 Å². The molecule has 0 amide bonds. The molecule has 2 unspecified atom stereocenters. The molecule has 13 heavy (non-hydrogen) atoms. The fraction of sp³-hybridized carbons (Fsp3) is 0.333. The second-order valence-electron chi connectivity index (χ2n) is 3.24. The van der Waals surface area contributed by atoms with Gasteiger partial charge in [-0.1, -0.05) is 12.1 Å². The highest BCUT2D eigenvalue weighted by Crippen LogP contribution is 2.20. The van der Waals surface area contributed by atoms with Crippen LogP contribution in [0.4, 0.5) is 0 Å². The van der Waals surface area contributed by atoms with Crippen molar-refractivity contribution in [2.75, 3.05) is 0 Å². The second kappa shape index (κ2) is 3.91. The van der Waals surface area contributed by atoms with Crippen molar-refractivity contribution in [1.82, 2.24) is 10.9 Å². The highest BCUT2D eigenvalue weighted by molar-refractivity contribution is 14.1. The van der Waals surface area contributed by atoms with E-state index in [2.05, 4.69) is 57.7 Å². The third-order valence-electron chi connectivity index (χ3n) is 2.20. The molecule has 3 nitrogen and oxygen atoms in total. The average molecular weight is 289 g/mol. The van der Waals surface area contributed by atoms with E-state index in [1.807, 2.05) is 0 Å². The van der Waals surface area contributed by atoms with E-state index in [-0.39, 0.29) is 6.17 Å². The van der Waals surface area contributed by atoms with E-state index in [4.69, 9.17) is 5.73 Å². The molecule has 0 saturated carbocycles. The summed E-state index contributed by atoms with van der Waals surface area (Å²) in [4.78, 5) is 0. The van der Waals surface area contributed by atoms with Crippen LogP contribution in [0.1, 0.15) is 18.0 Å². The monoisotopic (exact) mass is 289 g/mol. The topological polar surface area (TPSA) is 50.1 Å². The molecule has 1 saturated heterocycles. The maximum atomic E-state index is 5.72. The molecule has 1 aromatic rings. The van der Waals surface area contributed by atoms with Gasteiger partial charge in [0.25, 0.3) is 0 Å². The molecule has 4 heteroatoms. The molecule has 1 aliphatic heterocycles. The number of rotatable bonds is 1. The lowest BCUT2D eigenvalue weighted by atomic mass is 10.1. The molecule has 0 spiro atoms. The molecule has 1 heterocycles. The first kappa shape index (κ1) is 9.39. The molecule has 0 aliphatic carbocycles. The molecule has 1 aliphatic rings. The summed E-state index contributed by atoms with van der Waals surface area (Å²) in [5.74, 6) is 0. The maximum absolute atomic E-state index is 5.72. The molecule has 2 atom stereocenters. The Labute approximate surface area is 91.2 Å². The van der Waals surface area contributed by atoms with E-state index in [9.17, 15) is 0 Å². The Balaban J connectivity index is 2.13. The first-order chi connectivity index (χ1) is 6.25. The molecule has 1 fully saturated rings. The zero-order valence-corrected chi connectivity index (χ0v) is 9.28. The molecule has 70 valence electrons. The number of hydrogen-bond donors (Lipinski definition) is 3. The summed E-state index contributed by atoms with van der Waals surface area (Å²) in [7, 11) is 0. The van der Waals surface area contributed by atoms with Gasteiger partial charge in [-0.3, -0.25) is 0 Å². The van der Waals surface area contributed by atoms with Crippen molar-refractivity contribution in [3.63, 3.8) is 0 Å². The van der Waals surface area contributed by atoms with Gasteiger partial charge in [-0.25, -0.2) is 10.9 Å². The van der Waals surface area contributed by atoms with Crippen molar-refractivity contribution in [2.24, 2.45) is 5.73 Å². The van der Waals surface area contributed by atoms with Gasteiger partial charge in [-0.05, 0) is 46.7 Å². The van der Waals surface area contributed by atoms with Crippen molar-refractivity contribution in [3.05, 3.63) is 33.4 Å². The third kappa shape index (κ3) is 2.19. The van der Waals surface area contributed by atoms with Crippen LogP contribution in [0.25, 0.3) is 0 Å². The van der Waals surface area contributed by atoms with Crippen molar-refractivity contribution >= 4 is 22.6 Å². The molecule has 1 aromatic carbocycles. The highest BCUT2D eigenvalue weighted by Gasteiger charge is 2.21. The zero-order valence-electron chi connectivity index (χ0n) is 7.13. The summed E-state index contributed by atoms with van der Waals surface area (Å²) in [6.45, 7) is 0. The first-order valence-electron chi connectivity index (χ1n) is 4.28. The molecule has 2 rings (SSSR count). The Kier molecular flexibility index (Phi) is 2.83. The van der Waals surface area contributed by atoms with E-state index >= 15 is 0 Å². The normalized spacial score (nSPS) is 27.8. The van der Waals surface area contributed by atoms with Gasteiger partial charge in [-0.15, -0.1) is 0 Å². The van der Waals surface area contributed by atoms with Gasteiger partial charge < -0.3 is 5.73 Å². The van der Waals surface area contributed by atoms with Crippen LogP contribution in [0.15, 0.2) is 24.3 Å². The summed E-state index contributed by atoms with van der Waals surface area (Å²) in [5, 5.41) is 0. The first-order valence-corrected chi connectivity index (χ1v) is 5.35. The highest BCUT2D eigenvalue weighted by atomic mass is 127. The Bertz CT molecular complexity index is 285. The lowest BCUT2D eigenvalue weighted by molar-refractivity contribution is 0.551. The van der Waals surface area contributed by atoms with Gasteiger partial charge in [0.15, 0.2) is 0 Å². The predicted octanol–water partition coefficient (Wildman–Crippen LogP) is 1.11. The van der Waals surface area contributed by atoms with E-state index < -0.39 is 0 Å². The van der Waals surface area contributed by atoms with Gasteiger partial charge in [-0.2, -0.15) is 0 Å². The summed E-state index contributed by atoms with van der Waals surface area (Å²) >= 11 is 2.30. The number of halogens is 1. The number of hydrogen-bond acceptors (Lipinski definition) is 3. The Hall–Kier alpha value is -0.170. The van der Waals surface area contributed by atoms with Crippen LogP contribution in [0.5, 0.6) is 0 Å². The number of nitrogens with two attached hydrogens (primary N) is 1. The van der Waals surface area contributed by atoms with E-state index in [1.54, 1.807) is 0 Å². The standard InChI is InChI=1S/C9H12IN3/c10-7-3-1-6(2-4-7)8-5-9(11)13-12-8/h1-4,8-9,12-13H,5,11H2. The van der Waals surface area contributed by atoms with Crippen molar-refractivity contribution in [3.8, 4) is 0 Å². The third-order valence-corrected chi connectivity index (χ3v) is 2.92. The Morgan fingerprint density at radius 3 is 2.46 bits per heavy atom. The smallest absolute Gasteiger partial charge is 0.0698 e. The number of benzene rings is 1. The molecular weight excluding hydrogens is 277 g/mol. The summed E-state index contributed by atoms with van der Waals surface area (Å²) < 4.78 is 1.26. The molecular formula is C9H12IN3. The van der Waals surface area contributed by atoms with Gasteiger partial charge >= 0.3 is 0 Å². The van der Waals surface area contributed by atoms with Crippen LogP contribution >= 0.6 is 22.6 Å². The summed E-state index contributed by atoms with van der Waals surface area (Å²) in [6, 6.07) is 8.85. The van der Waals surface area contributed by atoms with Gasteiger partial charge in [0.1, 0.15) is 0 Å². The number of hydrazine groups is 1. The van der Waals surface area contributed by atoms with E-state index in [0.29, 0.717) is 6.04 Å². The second-order valence-corrected chi connectivity index (χ2v) is 4.48. The Morgan fingerprint density at radius 1 is 1.23 bits per heavy atom. The molecule has 0 aromatic heterocycles. The summed E-state index contributed by atoms with van der Waals surface area (Å²) in [6.07, 6.45) is 1.02. The number of nitrogens with one attached hydrogen (secondary N) is 2. The fourth-order valence-electron chi connectivity index (χ4n) is 1.49. The minimum atomic E-state index is 0.0734. The molecule has 0 radical (unpaired) electrons. The van der Waals surface area contributed by atoms with Crippen LogP contribution in [0.2, 0.25) is 0 Å². The predicted molar refractivity (Wildman–Crippen MR) is 60.8 cm³/mol. The zero-order chi connectivity index (χ0) is 9.26. The Morgan fingerprint density at radius 2 is 1.92 bits per heavy atom. The quantitative estimate of drug-likeness (QED) is 0.679. The lowest BCUT2D eigenvalue weighted by Crippen LogP contribution is -2.36. The lowest BCUT2D eigenvalue weighted by Gasteiger charge is -2.08. The van der Waals surface area contributed by atoms with Gasteiger partial charge in [0, 0.05) is 9.61 Å². The van der Waals surface area contributed by atoms with Crippen LogP contribution in [0, 0.1) is 3.57 Å². The van der Waals surface area contributed by atoms with Crippen molar-refractivity contribution < 1.29 is 0 Å². The van der Waals surface area contributed by atoms with E-state index in [0.717, 1.165) is 6.42 Å². The SMILES string of the molecule is NC1CC(c2ccc(I)cc2)NN1. The van der Waals surface area contributed by atoms with E-state index in [1.165, 1.54) is 9.13 Å². The van der Waals surface area contributed by atoms with Crippen LogP contribution < -0.4 is 16.6 Å². The minimum absolute atomic E-state index is 0.0734. The van der Waals surface area contributed by atoms with Crippen LogP contribution in [0.3, 0.4) is 0 Å². The fourth-order valence-corrected chi connectivity index (χ4v) is 1.85. The van der Waals surface area contributed by atoms with Crippen molar-refractivity contribution in [2.45, 2.75) is 18.6 Å². The maximum Gasteiger partial charge on any atom is 0.0698 e. The molecule has 0 bridgehead atoms. The summed E-state index contributed by atoms with van der Waals surface area (Å²) in [5.41, 5.74) is 13.2. The minimum Gasteiger partial charge on any atom is -0.315 e. The molecule has 4 N–H and O–H groups in total. The van der Waals surface area contributed by atoms with Crippen molar-refractivity contribution in [1.29, 1.82) is 0 Å². The van der Waals surface area contributed by atoms with Gasteiger partial charge in [0.05, 0.1) is 6.17 Å².